The second-order valence-corrected chi connectivity index (χ2v) is 11.9. The number of benzene rings is 1. The average molecular weight is 268 g/mol. The van der Waals surface area contributed by atoms with Crippen LogP contribution in [-0.2, 0) is 0 Å². The Morgan fingerprint density at radius 2 is 1.39 bits per heavy atom. The van der Waals surface area contributed by atoms with Crippen LogP contribution in [0.2, 0.25) is 16.6 Å². The van der Waals surface area contributed by atoms with Crippen molar-refractivity contribution >= 4 is 13.3 Å². The molecule has 0 radical (unpaired) electrons. The maximum Gasteiger partial charge on any atom is 0.126 e. The van der Waals surface area contributed by atoms with Gasteiger partial charge in [-0.05, 0) is 28.8 Å². The van der Waals surface area contributed by atoms with Crippen LogP contribution >= 0.6 is 0 Å². The van der Waals surface area contributed by atoms with Gasteiger partial charge < -0.3 is 5.11 Å². The van der Waals surface area contributed by atoms with Crippen molar-refractivity contribution in [2.75, 3.05) is 0 Å². The summed E-state index contributed by atoms with van der Waals surface area (Å²) in [5.74, 6) is -0.101. The molecule has 0 bridgehead atoms. The Morgan fingerprint density at radius 1 is 0.944 bits per heavy atom. The molecular formula is C15H25FOSi. The summed E-state index contributed by atoms with van der Waals surface area (Å²) in [6, 6.07) is 4.67. The van der Waals surface area contributed by atoms with Crippen LogP contribution in [0, 0.1) is 5.82 Å². The third kappa shape index (κ3) is 2.20. The minimum Gasteiger partial charge on any atom is -0.508 e. The van der Waals surface area contributed by atoms with E-state index < -0.39 is 8.07 Å². The van der Waals surface area contributed by atoms with Gasteiger partial charge in [0.1, 0.15) is 19.6 Å². The zero-order valence-electron chi connectivity index (χ0n) is 12.3. The number of rotatable bonds is 4. The monoisotopic (exact) mass is 268 g/mol. The molecule has 18 heavy (non-hydrogen) atoms. The van der Waals surface area contributed by atoms with Crippen LogP contribution in [0.4, 0.5) is 4.39 Å². The first kappa shape index (κ1) is 15.2. The molecule has 0 aliphatic heterocycles. The molecule has 1 nitrogen and oxygen atoms in total. The predicted molar refractivity (Wildman–Crippen MR) is 78.7 cm³/mol. The summed E-state index contributed by atoms with van der Waals surface area (Å²) in [6.07, 6.45) is 0. The molecule has 0 amide bonds. The van der Waals surface area contributed by atoms with E-state index in [0.29, 0.717) is 21.8 Å². The Morgan fingerprint density at radius 3 is 1.72 bits per heavy atom. The largest absolute Gasteiger partial charge is 0.508 e. The van der Waals surface area contributed by atoms with Crippen molar-refractivity contribution in [1.82, 2.24) is 0 Å². The van der Waals surface area contributed by atoms with Gasteiger partial charge in [0.2, 0.25) is 0 Å². The zero-order valence-corrected chi connectivity index (χ0v) is 13.3. The van der Waals surface area contributed by atoms with E-state index in [4.69, 9.17) is 0 Å². The minimum absolute atomic E-state index is 0.137. The summed E-state index contributed by atoms with van der Waals surface area (Å²) < 4.78 is 14.3. The maximum absolute atomic E-state index is 14.3. The second-order valence-electron chi connectivity index (χ2n) is 6.03. The highest BCUT2D eigenvalue weighted by atomic mass is 28.3. The van der Waals surface area contributed by atoms with E-state index in [-0.39, 0.29) is 11.6 Å². The summed E-state index contributed by atoms with van der Waals surface area (Å²) in [7, 11) is -2.12. The number of aromatic hydroxyl groups is 1. The van der Waals surface area contributed by atoms with Gasteiger partial charge in [-0.15, -0.1) is 0 Å². The number of phenolic OH excluding ortho intramolecular Hbond substituents is 1. The number of hydrogen-bond acceptors (Lipinski definition) is 1. The zero-order chi connectivity index (χ0) is 14.1. The van der Waals surface area contributed by atoms with Gasteiger partial charge in [0, 0.05) is 5.19 Å². The van der Waals surface area contributed by atoms with E-state index in [1.165, 1.54) is 6.07 Å². The van der Waals surface area contributed by atoms with Gasteiger partial charge in [0.25, 0.3) is 0 Å². The normalized spacial score (nSPS) is 12.8. The average Bonchev–Trinajstić information content (AvgIpc) is 2.21. The molecule has 0 heterocycles. The van der Waals surface area contributed by atoms with E-state index >= 15 is 0 Å². The third-order valence-electron chi connectivity index (χ3n) is 4.29. The Bertz CT molecular complexity index is 371. The summed E-state index contributed by atoms with van der Waals surface area (Å²) in [5.41, 5.74) is 1.17. The van der Waals surface area contributed by atoms with Gasteiger partial charge >= 0.3 is 0 Å². The van der Waals surface area contributed by atoms with Crippen LogP contribution in [0.15, 0.2) is 18.2 Å². The quantitative estimate of drug-likeness (QED) is 0.802. The van der Waals surface area contributed by atoms with Gasteiger partial charge in [-0.2, -0.15) is 0 Å². The Hall–Kier alpha value is -0.833. The van der Waals surface area contributed by atoms with Crippen molar-refractivity contribution in [3.8, 4) is 5.75 Å². The SMILES string of the molecule is CC(C)[Si](c1c(O)cccc1F)(C(C)C)C(C)C. The minimum atomic E-state index is -2.12. The maximum atomic E-state index is 14.3. The van der Waals surface area contributed by atoms with Crippen molar-refractivity contribution in [2.24, 2.45) is 0 Å². The molecule has 1 rings (SSSR count). The third-order valence-corrected chi connectivity index (χ3v) is 11.4. The van der Waals surface area contributed by atoms with Gasteiger partial charge in [-0.3, -0.25) is 0 Å². The van der Waals surface area contributed by atoms with Crippen LogP contribution in [-0.4, -0.2) is 13.2 Å². The highest BCUT2D eigenvalue weighted by molar-refractivity contribution is 6.95. The lowest BCUT2D eigenvalue weighted by molar-refractivity contribution is 0.473. The molecule has 0 saturated heterocycles. The fourth-order valence-electron chi connectivity index (χ4n) is 3.81. The molecule has 0 saturated carbocycles. The van der Waals surface area contributed by atoms with Crippen molar-refractivity contribution in [3.63, 3.8) is 0 Å². The van der Waals surface area contributed by atoms with Gasteiger partial charge in [0.15, 0.2) is 0 Å². The Balaban J connectivity index is 3.63. The molecule has 0 spiro atoms. The topological polar surface area (TPSA) is 20.2 Å². The first-order valence-electron chi connectivity index (χ1n) is 6.74. The molecule has 0 unspecified atom stereocenters. The molecule has 0 fully saturated rings. The van der Waals surface area contributed by atoms with Crippen LogP contribution < -0.4 is 5.19 Å². The van der Waals surface area contributed by atoms with Crippen LogP contribution in [0.25, 0.3) is 0 Å². The van der Waals surface area contributed by atoms with Crippen LogP contribution in [0.1, 0.15) is 41.5 Å². The van der Waals surface area contributed by atoms with Gasteiger partial charge in [-0.1, -0.05) is 47.6 Å². The predicted octanol–water partition coefficient (Wildman–Crippen LogP) is 4.42. The first-order valence-corrected chi connectivity index (χ1v) is 8.97. The standard InChI is InChI=1S/C15H25FOSi/c1-10(2)18(11(3)4,12(5)6)15-13(16)8-7-9-14(15)17/h7-12,17H,1-6H3. The molecule has 0 aliphatic rings. The molecule has 102 valence electrons. The summed E-state index contributed by atoms with van der Waals surface area (Å²) in [6.45, 7) is 13.0. The highest BCUT2D eigenvalue weighted by Gasteiger charge is 2.47. The molecule has 1 N–H and O–H groups in total. The molecule has 0 atom stereocenters. The lowest BCUT2D eigenvalue weighted by Crippen LogP contribution is -2.56. The number of hydrogen-bond donors (Lipinski definition) is 1. The fraction of sp³-hybridized carbons (Fsp3) is 0.600. The summed E-state index contributed by atoms with van der Waals surface area (Å²) in [5, 5.41) is 10.8. The lowest BCUT2D eigenvalue weighted by atomic mass is 10.3. The highest BCUT2D eigenvalue weighted by Crippen LogP contribution is 2.42. The van der Waals surface area contributed by atoms with Gasteiger partial charge in [-0.25, -0.2) is 4.39 Å². The van der Waals surface area contributed by atoms with E-state index in [1.807, 2.05) is 0 Å². The summed E-state index contributed by atoms with van der Waals surface area (Å²) in [4.78, 5) is 0. The van der Waals surface area contributed by atoms with Crippen molar-refractivity contribution in [2.45, 2.75) is 58.2 Å². The molecule has 0 aromatic heterocycles. The molecular weight excluding hydrogens is 243 g/mol. The van der Waals surface area contributed by atoms with Crippen molar-refractivity contribution in [3.05, 3.63) is 24.0 Å². The first-order chi connectivity index (χ1) is 8.26. The van der Waals surface area contributed by atoms with E-state index in [1.54, 1.807) is 12.1 Å². The molecule has 1 aromatic rings. The van der Waals surface area contributed by atoms with Crippen molar-refractivity contribution in [1.29, 1.82) is 0 Å². The molecule has 1 aromatic carbocycles. The fourth-order valence-corrected chi connectivity index (χ4v) is 10.6. The van der Waals surface area contributed by atoms with Gasteiger partial charge in [0.05, 0.1) is 0 Å². The van der Waals surface area contributed by atoms with E-state index in [2.05, 4.69) is 41.5 Å². The number of halogens is 1. The molecule has 3 heteroatoms. The Labute approximate surface area is 111 Å². The van der Waals surface area contributed by atoms with Crippen LogP contribution in [0.3, 0.4) is 0 Å². The molecule has 0 aliphatic carbocycles. The van der Waals surface area contributed by atoms with E-state index in [9.17, 15) is 9.50 Å². The van der Waals surface area contributed by atoms with Crippen LogP contribution in [0.5, 0.6) is 5.75 Å². The van der Waals surface area contributed by atoms with E-state index in [0.717, 1.165) is 0 Å². The second kappa shape index (κ2) is 5.43. The lowest BCUT2D eigenvalue weighted by Gasteiger charge is -2.43. The smallest absolute Gasteiger partial charge is 0.126 e. The Kier molecular flexibility index (Phi) is 4.59. The number of phenols is 1. The van der Waals surface area contributed by atoms with Crippen molar-refractivity contribution < 1.29 is 9.50 Å². The summed E-state index contributed by atoms with van der Waals surface area (Å²) >= 11 is 0.